The molecule has 1 saturated heterocycles. The van der Waals surface area contributed by atoms with Gasteiger partial charge in [-0.15, -0.1) is 0 Å². The molecule has 8 nitrogen and oxygen atoms in total. The van der Waals surface area contributed by atoms with E-state index >= 15 is 0 Å². The van der Waals surface area contributed by atoms with Crippen LogP contribution in [0.4, 0.5) is 0 Å². The molecule has 2 aromatic rings. The molecule has 1 aromatic carbocycles. The fourth-order valence-electron chi connectivity index (χ4n) is 5.38. The van der Waals surface area contributed by atoms with Crippen LogP contribution in [0.3, 0.4) is 0 Å². The minimum absolute atomic E-state index is 0.00717. The molecule has 1 aromatic heterocycles. The molecule has 1 unspecified atom stereocenters. The van der Waals surface area contributed by atoms with Gasteiger partial charge in [-0.05, 0) is 49.1 Å². The number of rotatable bonds is 18. The van der Waals surface area contributed by atoms with Gasteiger partial charge < -0.3 is 28.4 Å². The van der Waals surface area contributed by atoms with Crippen molar-refractivity contribution in [3.8, 4) is 11.5 Å². The Hall–Kier alpha value is -3.00. The van der Waals surface area contributed by atoms with Gasteiger partial charge in [0.1, 0.15) is 5.76 Å². The van der Waals surface area contributed by atoms with Gasteiger partial charge in [0.15, 0.2) is 11.5 Å². The number of ether oxygens (including phenoxy) is 3. The molecule has 3 heterocycles. The third-order valence-corrected chi connectivity index (χ3v) is 7.71. The first-order chi connectivity index (χ1) is 19.6. The zero-order valence-electron chi connectivity index (χ0n) is 24.1. The fourth-order valence-corrected chi connectivity index (χ4v) is 5.38. The molecule has 2 amide bonds. The van der Waals surface area contributed by atoms with Gasteiger partial charge in [0.25, 0.3) is 0 Å². The van der Waals surface area contributed by atoms with Crippen LogP contribution in [0, 0.1) is 0 Å². The van der Waals surface area contributed by atoms with Crippen molar-refractivity contribution in [1.29, 1.82) is 0 Å². The highest BCUT2D eigenvalue weighted by Gasteiger charge is 2.27. The Kier molecular flexibility index (Phi) is 12.2. The number of fused-ring (bicyclic) bond motifs is 1. The summed E-state index contributed by atoms with van der Waals surface area (Å²) < 4.78 is 22.4. The number of hydrogen-bond acceptors (Lipinski definition) is 6. The fraction of sp³-hybridized carbons (Fsp3) is 0.625. The van der Waals surface area contributed by atoms with Gasteiger partial charge in [0, 0.05) is 26.1 Å². The quantitative estimate of drug-likeness (QED) is 0.197. The summed E-state index contributed by atoms with van der Waals surface area (Å²) >= 11 is 0. The SMILES string of the molecule is CCCCCCCCCCCC(=O)N(CC(=O)N(Cc1ccc2c(c1)OCO2)Cc1ccco1)CC1CCCO1. The standard InChI is InChI=1S/C32H46N2O6/c1-2-3-4-5-6-7-8-9-10-15-31(35)34(23-28-14-12-19-38-28)24-32(36)33(22-27-13-11-18-37-27)21-26-16-17-29-30(20-26)40-25-39-29/h11,13,16-18,20,28H,2-10,12,14-15,19,21-25H2,1H3. The molecule has 2 aliphatic rings. The van der Waals surface area contributed by atoms with Gasteiger partial charge in [-0.1, -0.05) is 64.4 Å². The molecule has 4 rings (SSSR count). The van der Waals surface area contributed by atoms with E-state index in [0.29, 0.717) is 49.9 Å². The number of amides is 2. The second-order valence-corrected chi connectivity index (χ2v) is 11.0. The lowest BCUT2D eigenvalue weighted by Gasteiger charge is -2.29. The van der Waals surface area contributed by atoms with Crippen LogP contribution in [0.1, 0.15) is 95.3 Å². The van der Waals surface area contributed by atoms with Crippen LogP contribution in [-0.4, -0.2) is 54.2 Å². The maximum atomic E-state index is 13.7. The number of furan rings is 1. The van der Waals surface area contributed by atoms with Gasteiger partial charge in [-0.3, -0.25) is 9.59 Å². The van der Waals surface area contributed by atoms with Crippen LogP contribution in [0.2, 0.25) is 0 Å². The highest BCUT2D eigenvalue weighted by molar-refractivity contribution is 5.85. The lowest BCUT2D eigenvalue weighted by Crippen LogP contribution is -2.45. The zero-order valence-corrected chi connectivity index (χ0v) is 24.1. The maximum absolute atomic E-state index is 13.7. The molecular formula is C32H46N2O6. The second kappa shape index (κ2) is 16.3. The Morgan fingerprint density at radius 2 is 1.65 bits per heavy atom. The molecule has 0 N–H and O–H groups in total. The van der Waals surface area contributed by atoms with Gasteiger partial charge >= 0.3 is 0 Å². The lowest BCUT2D eigenvalue weighted by molar-refractivity contribution is -0.142. The number of carbonyl (C=O) groups is 2. The molecule has 8 heteroatoms. The van der Waals surface area contributed by atoms with E-state index in [1.807, 2.05) is 30.3 Å². The van der Waals surface area contributed by atoms with E-state index in [4.69, 9.17) is 18.6 Å². The molecule has 0 spiro atoms. The monoisotopic (exact) mass is 554 g/mol. The first-order valence-electron chi connectivity index (χ1n) is 15.2. The Balaban J connectivity index is 1.34. The van der Waals surface area contributed by atoms with Crippen molar-refractivity contribution in [1.82, 2.24) is 9.80 Å². The van der Waals surface area contributed by atoms with Crippen LogP contribution in [-0.2, 0) is 27.4 Å². The normalized spacial score (nSPS) is 15.9. The van der Waals surface area contributed by atoms with Crippen molar-refractivity contribution in [2.75, 3.05) is 26.5 Å². The molecule has 0 saturated carbocycles. The molecule has 1 fully saturated rings. The highest BCUT2D eigenvalue weighted by Crippen LogP contribution is 2.33. The summed E-state index contributed by atoms with van der Waals surface area (Å²) in [6.45, 7) is 4.34. The maximum Gasteiger partial charge on any atom is 0.242 e. The van der Waals surface area contributed by atoms with Crippen LogP contribution >= 0.6 is 0 Å². The summed E-state index contributed by atoms with van der Waals surface area (Å²) in [5.41, 5.74) is 0.927. The largest absolute Gasteiger partial charge is 0.467 e. The van der Waals surface area contributed by atoms with E-state index in [2.05, 4.69) is 6.92 Å². The van der Waals surface area contributed by atoms with Crippen LogP contribution in [0.5, 0.6) is 11.5 Å². The minimum atomic E-state index is -0.118. The topological polar surface area (TPSA) is 81.5 Å². The van der Waals surface area contributed by atoms with E-state index in [9.17, 15) is 9.59 Å². The second-order valence-electron chi connectivity index (χ2n) is 11.0. The summed E-state index contributed by atoms with van der Waals surface area (Å²) in [5, 5.41) is 0. The summed E-state index contributed by atoms with van der Waals surface area (Å²) in [6.07, 6.45) is 14.8. The average Bonchev–Trinajstić information content (AvgIpc) is 3.75. The van der Waals surface area contributed by atoms with Gasteiger partial charge in [0.2, 0.25) is 18.6 Å². The molecule has 1 atom stereocenters. The molecule has 0 radical (unpaired) electrons. The van der Waals surface area contributed by atoms with E-state index in [-0.39, 0.29) is 31.3 Å². The first-order valence-corrected chi connectivity index (χ1v) is 15.2. The predicted molar refractivity (Wildman–Crippen MR) is 153 cm³/mol. The Bertz CT molecular complexity index is 1030. The van der Waals surface area contributed by atoms with Crippen LogP contribution in [0.25, 0.3) is 0 Å². The van der Waals surface area contributed by atoms with Crippen molar-refractivity contribution < 1.29 is 28.2 Å². The van der Waals surface area contributed by atoms with E-state index in [0.717, 1.165) is 37.7 Å². The molecule has 220 valence electrons. The van der Waals surface area contributed by atoms with Gasteiger partial charge in [-0.2, -0.15) is 0 Å². The van der Waals surface area contributed by atoms with E-state index in [1.54, 1.807) is 16.1 Å². The third-order valence-electron chi connectivity index (χ3n) is 7.71. The van der Waals surface area contributed by atoms with Crippen molar-refractivity contribution in [3.63, 3.8) is 0 Å². The molecule has 2 aliphatic heterocycles. The Labute approximate surface area is 238 Å². The Morgan fingerprint density at radius 1 is 0.875 bits per heavy atom. The first kappa shape index (κ1) is 30.0. The lowest BCUT2D eigenvalue weighted by atomic mass is 10.1. The van der Waals surface area contributed by atoms with Crippen molar-refractivity contribution >= 4 is 11.8 Å². The Morgan fingerprint density at radius 3 is 2.38 bits per heavy atom. The number of unbranched alkanes of at least 4 members (excludes halogenated alkanes) is 8. The van der Waals surface area contributed by atoms with Crippen LogP contribution < -0.4 is 9.47 Å². The zero-order chi connectivity index (χ0) is 28.0. The molecule has 0 aliphatic carbocycles. The third kappa shape index (κ3) is 9.58. The number of hydrogen-bond donors (Lipinski definition) is 0. The van der Waals surface area contributed by atoms with Gasteiger partial charge in [-0.25, -0.2) is 0 Å². The summed E-state index contributed by atoms with van der Waals surface area (Å²) in [7, 11) is 0. The number of nitrogens with zero attached hydrogens (tertiary/aromatic N) is 2. The number of benzene rings is 1. The summed E-state index contributed by atoms with van der Waals surface area (Å²) in [4.78, 5) is 30.5. The summed E-state index contributed by atoms with van der Waals surface area (Å²) in [6, 6.07) is 9.39. The smallest absolute Gasteiger partial charge is 0.242 e. The molecule has 0 bridgehead atoms. The average molecular weight is 555 g/mol. The van der Waals surface area contributed by atoms with Crippen molar-refractivity contribution in [2.45, 2.75) is 103 Å². The predicted octanol–water partition coefficient (Wildman–Crippen LogP) is 6.47. The number of carbonyl (C=O) groups excluding carboxylic acids is 2. The van der Waals surface area contributed by atoms with E-state index < -0.39 is 0 Å². The van der Waals surface area contributed by atoms with Gasteiger partial charge in [0.05, 0.1) is 25.5 Å². The van der Waals surface area contributed by atoms with Crippen molar-refractivity contribution in [2.24, 2.45) is 0 Å². The minimum Gasteiger partial charge on any atom is -0.467 e. The molecule has 40 heavy (non-hydrogen) atoms. The van der Waals surface area contributed by atoms with E-state index in [1.165, 1.54) is 38.5 Å². The molecular weight excluding hydrogens is 508 g/mol. The van der Waals surface area contributed by atoms with Crippen LogP contribution in [0.15, 0.2) is 41.0 Å². The summed E-state index contributed by atoms with van der Waals surface area (Å²) in [5.74, 6) is 2.00. The van der Waals surface area contributed by atoms with Crippen molar-refractivity contribution in [3.05, 3.63) is 47.9 Å². The highest BCUT2D eigenvalue weighted by atomic mass is 16.7.